The van der Waals surface area contributed by atoms with Crippen LogP contribution in [0.5, 0.6) is 0 Å². The van der Waals surface area contributed by atoms with E-state index in [9.17, 15) is 13.2 Å². The maximum atomic E-state index is 13.8. The Labute approximate surface area is 217 Å². The van der Waals surface area contributed by atoms with E-state index in [2.05, 4.69) is 53.7 Å². The Hall–Kier alpha value is -2.13. The quantitative estimate of drug-likeness (QED) is 0.421. The number of amides is 1. The summed E-state index contributed by atoms with van der Waals surface area (Å²) < 4.78 is 27.7. The predicted molar refractivity (Wildman–Crippen MR) is 145 cm³/mol. The van der Waals surface area contributed by atoms with E-state index in [0.717, 1.165) is 11.1 Å². The second-order valence-corrected chi connectivity index (χ2v) is 13.2. The first kappa shape index (κ1) is 28.4. The standard InChI is InChI=1S/C27H45N5O3S/c1-18(2)22-15-23(19(3)4)25(24(16-22)20(5)6)36(34,35)17-30-9-7-21(8-10-30)26(33)31-11-13-32(14-12-31)27(28)29/h15-16,18-21H,7-14,17H2,1-6H3,(H3,28,29). The van der Waals surface area contributed by atoms with Crippen molar-refractivity contribution >= 4 is 21.7 Å². The van der Waals surface area contributed by atoms with Crippen LogP contribution in [-0.4, -0.2) is 80.1 Å². The third-order valence-electron chi connectivity index (χ3n) is 7.61. The lowest BCUT2D eigenvalue weighted by atomic mass is 9.89. The number of likely N-dealkylation sites (tertiary alicyclic amines) is 1. The Kier molecular flexibility index (Phi) is 9.09. The minimum Gasteiger partial charge on any atom is -0.370 e. The molecule has 1 amide bonds. The van der Waals surface area contributed by atoms with Crippen molar-refractivity contribution in [1.29, 1.82) is 5.41 Å². The van der Waals surface area contributed by atoms with Gasteiger partial charge in [0.15, 0.2) is 15.8 Å². The molecule has 0 atom stereocenters. The van der Waals surface area contributed by atoms with E-state index >= 15 is 0 Å². The maximum Gasteiger partial charge on any atom is 0.225 e. The van der Waals surface area contributed by atoms with E-state index in [1.54, 1.807) is 4.90 Å². The van der Waals surface area contributed by atoms with Gasteiger partial charge in [-0.2, -0.15) is 0 Å². The van der Waals surface area contributed by atoms with Crippen molar-refractivity contribution in [3.63, 3.8) is 0 Å². The number of hydrogen-bond donors (Lipinski definition) is 2. The van der Waals surface area contributed by atoms with Gasteiger partial charge in [-0.25, -0.2) is 8.42 Å². The number of sulfone groups is 1. The van der Waals surface area contributed by atoms with Gasteiger partial charge in [0, 0.05) is 32.1 Å². The highest BCUT2D eigenvalue weighted by atomic mass is 32.2. The second-order valence-electron chi connectivity index (χ2n) is 11.3. The molecule has 2 heterocycles. The lowest BCUT2D eigenvalue weighted by molar-refractivity contribution is -0.138. The number of nitrogens with one attached hydrogen (secondary N) is 1. The molecule has 0 unspecified atom stereocenters. The van der Waals surface area contributed by atoms with Crippen molar-refractivity contribution in [3.05, 3.63) is 28.8 Å². The van der Waals surface area contributed by atoms with Crippen LogP contribution >= 0.6 is 0 Å². The fraction of sp³-hybridized carbons (Fsp3) is 0.704. The average Bonchev–Trinajstić information content (AvgIpc) is 2.82. The largest absolute Gasteiger partial charge is 0.370 e. The van der Waals surface area contributed by atoms with Gasteiger partial charge in [-0.1, -0.05) is 53.7 Å². The van der Waals surface area contributed by atoms with Crippen LogP contribution in [-0.2, 0) is 14.6 Å². The van der Waals surface area contributed by atoms with Crippen LogP contribution in [0.1, 0.15) is 88.8 Å². The molecule has 0 aliphatic carbocycles. The summed E-state index contributed by atoms with van der Waals surface area (Å²) in [6.07, 6.45) is 1.34. The molecule has 3 N–H and O–H groups in total. The number of carbonyl (C=O) groups excluding carboxylic acids is 1. The molecule has 202 valence electrons. The summed E-state index contributed by atoms with van der Waals surface area (Å²) in [6.45, 7) is 16.1. The lowest BCUT2D eigenvalue weighted by Gasteiger charge is -2.38. The molecule has 8 nitrogen and oxygen atoms in total. The number of guanidine groups is 1. The fourth-order valence-corrected chi connectivity index (χ4v) is 7.46. The van der Waals surface area contributed by atoms with Crippen LogP contribution in [0.15, 0.2) is 17.0 Å². The summed E-state index contributed by atoms with van der Waals surface area (Å²) in [5.41, 5.74) is 8.58. The Morgan fingerprint density at radius 2 is 1.36 bits per heavy atom. The summed E-state index contributed by atoms with van der Waals surface area (Å²) in [7, 11) is -3.53. The van der Waals surface area contributed by atoms with Crippen LogP contribution < -0.4 is 5.73 Å². The molecule has 3 rings (SSSR count). The smallest absolute Gasteiger partial charge is 0.225 e. The molecule has 2 saturated heterocycles. The summed E-state index contributed by atoms with van der Waals surface area (Å²) in [4.78, 5) is 19.2. The van der Waals surface area contributed by atoms with E-state index in [1.165, 1.54) is 5.56 Å². The van der Waals surface area contributed by atoms with Gasteiger partial charge in [0.05, 0.1) is 4.90 Å². The molecule has 2 aliphatic heterocycles. The van der Waals surface area contributed by atoms with Crippen molar-refractivity contribution in [1.82, 2.24) is 14.7 Å². The van der Waals surface area contributed by atoms with Gasteiger partial charge in [-0.3, -0.25) is 15.1 Å². The highest BCUT2D eigenvalue weighted by Crippen LogP contribution is 2.36. The van der Waals surface area contributed by atoms with E-state index in [1.807, 2.05) is 9.80 Å². The van der Waals surface area contributed by atoms with E-state index in [-0.39, 0.29) is 35.5 Å². The van der Waals surface area contributed by atoms with Crippen molar-refractivity contribution in [2.24, 2.45) is 11.7 Å². The summed E-state index contributed by atoms with van der Waals surface area (Å²) >= 11 is 0. The first-order chi connectivity index (χ1) is 16.8. The molecule has 1 aromatic rings. The first-order valence-electron chi connectivity index (χ1n) is 13.3. The molecule has 36 heavy (non-hydrogen) atoms. The Morgan fingerprint density at radius 1 is 0.889 bits per heavy atom. The van der Waals surface area contributed by atoms with Crippen LogP contribution in [0.2, 0.25) is 0 Å². The molecule has 0 bridgehead atoms. The minimum atomic E-state index is -3.53. The SMILES string of the molecule is CC(C)c1cc(C(C)C)c(S(=O)(=O)CN2CCC(C(=O)N3CCN(C(=N)N)CC3)CC2)c(C(C)C)c1. The lowest BCUT2D eigenvalue weighted by Crippen LogP contribution is -2.54. The molecule has 2 fully saturated rings. The highest BCUT2D eigenvalue weighted by Gasteiger charge is 2.34. The van der Waals surface area contributed by atoms with Gasteiger partial charge in [0.25, 0.3) is 0 Å². The number of nitrogens with two attached hydrogens (primary N) is 1. The summed E-state index contributed by atoms with van der Waals surface area (Å²) in [6, 6.07) is 4.18. The third-order valence-corrected chi connectivity index (χ3v) is 9.41. The maximum absolute atomic E-state index is 13.8. The van der Waals surface area contributed by atoms with E-state index < -0.39 is 9.84 Å². The van der Waals surface area contributed by atoms with Gasteiger partial charge < -0.3 is 15.5 Å². The van der Waals surface area contributed by atoms with Gasteiger partial charge in [0.2, 0.25) is 5.91 Å². The van der Waals surface area contributed by atoms with Crippen LogP contribution in [0.25, 0.3) is 0 Å². The zero-order valence-electron chi connectivity index (χ0n) is 22.9. The van der Waals surface area contributed by atoms with E-state index in [4.69, 9.17) is 11.1 Å². The first-order valence-corrected chi connectivity index (χ1v) is 15.0. The monoisotopic (exact) mass is 519 g/mol. The molecule has 0 aromatic heterocycles. The number of piperidine rings is 1. The molecule has 1 aromatic carbocycles. The number of hydrogen-bond acceptors (Lipinski definition) is 5. The van der Waals surface area contributed by atoms with Gasteiger partial charge in [-0.05, 0) is 60.4 Å². The molecule has 2 aliphatic rings. The van der Waals surface area contributed by atoms with Crippen LogP contribution in [0, 0.1) is 11.3 Å². The number of benzene rings is 1. The Balaban J connectivity index is 1.71. The molecule has 0 radical (unpaired) electrons. The van der Waals surface area contributed by atoms with Crippen LogP contribution in [0.4, 0.5) is 0 Å². The topological polar surface area (TPSA) is 111 Å². The van der Waals surface area contributed by atoms with Crippen LogP contribution in [0.3, 0.4) is 0 Å². The highest BCUT2D eigenvalue weighted by molar-refractivity contribution is 7.91. The van der Waals surface area contributed by atoms with Crippen molar-refractivity contribution < 1.29 is 13.2 Å². The molecular weight excluding hydrogens is 474 g/mol. The summed E-state index contributed by atoms with van der Waals surface area (Å²) in [5.74, 6) is 0.668. The van der Waals surface area contributed by atoms with Crippen molar-refractivity contribution in [2.45, 2.75) is 77.0 Å². The van der Waals surface area contributed by atoms with Crippen molar-refractivity contribution in [2.75, 3.05) is 45.1 Å². The normalized spacial score (nSPS) is 18.5. The zero-order valence-corrected chi connectivity index (χ0v) is 23.7. The molecule has 0 spiro atoms. The number of nitrogens with zero attached hydrogens (tertiary/aromatic N) is 3. The van der Waals surface area contributed by atoms with Gasteiger partial charge in [-0.15, -0.1) is 0 Å². The Bertz CT molecular complexity index is 1020. The molecule has 9 heteroatoms. The van der Waals surface area contributed by atoms with E-state index in [0.29, 0.717) is 62.9 Å². The number of rotatable bonds is 7. The zero-order chi connectivity index (χ0) is 26.8. The van der Waals surface area contributed by atoms with Gasteiger partial charge in [0.1, 0.15) is 5.88 Å². The molecule has 0 saturated carbocycles. The summed E-state index contributed by atoms with van der Waals surface area (Å²) in [5, 5.41) is 7.56. The number of carbonyl (C=O) groups is 1. The predicted octanol–water partition coefficient (Wildman–Crippen LogP) is 3.54. The average molecular weight is 520 g/mol. The minimum absolute atomic E-state index is 0.00827. The second kappa shape index (κ2) is 11.5. The number of piperazine rings is 1. The van der Waals surface area contributed by atoms with Gasteiger partial charge >= 0.3 is 0 Å². The molecular formula is C27H45N5O3S. The fourth-order valence-electron chi connectivity index (χ4n) is 5.29. The third kappa shape index (κ3) is 6.40. The van der Waals surface area contributed by atoms with Crippen molar-refractivity contribution in [3.8, 4) is 0 Å². The Morgan fingerprint density at radius 3 is 1.78 bits per heavy atom.